The van der Waals surface area contributed by atoms with Crippen molar-refractivity contribution in [3.05, 3.63) is 0 Å². The minimum atomic E-state index is 0.299. The molecule has 5 unspecified atom stereocenters. The lowest BCUT2D eigenvalue weighted by molar-refractivity contribution is 0.136. The number of fused-ring (bicyclic) bond motifs is 4. The molecule has 0 amide bonds. The average molecular weight is 196 g/mol. The Morgan fingerprint density at radius 3 is 2.79 bits per heavy atom. The van der Waals surface area contributed by atoms with E-state index in [-0.39, 0.29) is 0 Å². The third-order valence-corrected chi connectivity index (χ3v) is 5.22. The largest absolute Gasteiger partial charge is 0.396 e. The normalized spacial score (nSPS) is 55.3. The molecule has 0 spiro atoms. The fourth-order valence-electron chi connectivity index (χ4n) is 4.24. The minimum absolute atomic E-state index is 0.299. The molecule has 3 saturated carbocycles. The molecule has 5 atom stereocenters. The number of hydrogen-bond donors (Lipinski definition) is 2. The second-order valence-electron chi connectivity index (χ2n) is 5.81. The summed E-state index contributed by atoms with van der Waals surface area (Å²) in [5, 5.41) is 18.8. The topological polar surface area (TPSA) is 40.5 Å². The molecule has 2 heteroatoms. The van der Waals surface area contributed by atoms with Crippen LogP contribution in [-0.2, 0) is 0 Å². The second kappa shape index (κ2) is 2.96. The van der Waals surface area contributed by atoms with Crippen LogP contribution in [0.3, 0.4) is 0 Å². The highest BCUT2D eigenvalue weighted by molar-refractivity contribution is 5.10. The van der Waals surface area contributed by atoms with Crippen LogP contribution in [0.2, 0.25) is 0 Å². The number of aliphatic hydroxyl groups is 2. The standard InChI is InChI=1S/C12H20O2/c13-6-9-3-8-1-2-12(7-14)5-11(12)10(9)4-8/h8-11,13-14H,1-7H2. The fraction of sp³-hybridized carbons (Fsp3) is 1.00. The molecule has 3 rings (SSSR count). The molecule has 0 heterocycles. The van der Waals surface area contributed by atoms with Crippen LogP contribution < -0.4 is 0 Å². The molecule has 2 nitrogen and oxygen atoms in total. The van der Waals surface area contributed by atoms with Crippen molar-refractivity contribution in [2.45, 2.75) is 32.1 Å². The molecule has 2 N–H and O–H groups in total. The van der Waals surface area contributed by atoms with Crippen LogP contribution >= 0.6 is 0 Å². The third kappa shape index (κ3) is 1.10. The second-order valence-corrected chi connectivity index (χ2v) is 5.81. The quantitative estimate of drug-likeness (QED) is 0.701. The van der Waals surface area contributed by atoms with Crippen LogP contribution in [0, 0.1) is 29.1 Å². The molecule has 3 aliphatic rings. The molecule has 2 bridgehead atoms. The van der Waals surface area contributed by atoms with E-state index in [1.807, 2.05) is 0 Å². The molecular formula is C12H20O2. The molecule has 0 aromatic rings. The van der Waals surface area contributed by atoms with Gasteiger partial charge in [-0.15, -0.1) is 0 Å². The van der Waals surface area contributed by atoms with Gasteiger partial charge in [-0.25, -0.2) is 0 Å². The van der Waals surface area contributed by atoms with E-state index in [0.29, 0.717) is 24.5 Å². The first-order valence-electron chi connectivity index (χ1n) is 6.01. The van der Waals surface area contributed by atoms with E-state index in [2.05, 4.69) is 0 Å². The van der Waals surface area contributed by atoms with Gasteiger partial charge >= 0.3 is 0 Å². The summed E-state index contributed by atoms with van der Waals surface area (Å²) in [7, 11) is 0. The van der Waals surface area contributed by atoms with Crippen LogP contribution in [-0.4, -0.2) is 23.4 Å². The summed E-state index contributed by atoms with van der Waals surface area (Å²) >= 11 is 0. The van der Waals surface area contributed by atoms with Gasteiger partial charge in [0.2, 0.25) is 0 Å². The van der Waals surface area contributed by atoms with Crippen molar-refractivity contribution in [3.63, 3.8) is 0 Å². The first kappa shape index (κ1) is 9.17. The third-order valence-electron chi connectivity index (χ3n) is 5.22. The predicted molar refractivity (Wildman–Crippen MR) is 53.6 cm³/mol. The van der Waals surface area contributed by atoms with Crippen molar-refractivity contribution in [1.82, 2.24) is 0 Å². The van der Waals surface area contributed by atoms with Crippen molar-refractivity contribution >= 4 is 0 Å². The summed E-state index contributed by atoms with van der Waals surface area (Å²) in [6.45, 7) is 0.762. The van der Waals surface area contributed by atoms with Gasteiger partial charge in [-0.05, 0) is 61.2 Å². The van der Waals surface area contributed by atoms with Gasteiger partial charge < -0.3 is 10.2 Å². The summed E-state index contributed by atoms with van der Waals surface area (Å²) in [6, 6.07) is 0. The summed E-state index contributed by atoms with van der Waals surface area (Å²) in [5.74, 6) is 2.89. The summed E-state index contributed by atoms with van der Waals surface area (Å²) in [4.78, 5) is 0. The summed E-state index contributed by atoms with van der Waals surface area (Å²) in [5.41, 5.74) is 0.299. The molecular weight excluding hydrogens is 176 g/mol. The van der Waals surface area contributed by atoms with Crippen LogP contribution in [0.4, 0.5) is 0 Å². The van der Waals surface area contributed by atoms with Gasteiger partial charge in [0.1, 0.15) is 0 Å². The number of rotatable bonds is 2. The summed E-state index contributed by atoms with van der Waals surface area (Å²) < 4.78 is 0. The molecule has 0 radical (unpaired) electrons. The Balaban J connectivity index is 1.81. The van der Waals surface area contributed by atoms with Crippen molar-refractivity contribution in [3.8, 4) is 0 Å². The SMILES string of the molecule is OCC1CC2CCC3(CO)CC3C1C2. The van der Waals surface area contributed by atoms with E-state index in [4.69, 9.17) is 0 Å². The maximum absolute atomic E-state index is 9.44. The highest BCUT2D eigenvalue weighted by atomic mass is 16.3. The molecule has 3 fully saturated rings. The Morgan fingerprint density at radius 1 is 1.21 bits per heavy atom. The van der Waals surface area contributed by atoms with Gasteiger partial charge in [0.25, 0.3) is 0 Å². The predicted octanol–water partition coefficient (Wildman–Crippen LogP) is 1.41. The monoisotopic (exact) mass is 196 g/mol. The average Bonchev–Trinajstić information content (AvgIpc) is 2.79. The highest BCUT2D eigenvalue weighted by Crippen LogP contribution is 2.67. The zero-order valence-corrected chi connectivity index (χ0v) is 8.65. The van der Waals surface area contributed by atoms with Gasteiger partial charge in [0.15, 0.2) is 0 Å². The van der Waals surface area contributed by atoms with Crippen LogP contribution in [0.25, 0.3) is 0 Å². The molecule has 0 saturated heterocycles. The van der Waals surface area contributed by atoms with Crippen molar-refractivity contribution < 1.29 is 10.2 Å². The maximum atomic E-state index is 9.44. The molecule has 0 aromatic heterocycles. The minimum Gasteiger partial charge on any atom is -0.396 e. The first-order valence-corrected chi connectivity index (χ1v) is 6.01. The van der Waals surface area contributed by atoms with E-state index in [1.54, 1.807) is 0 Å². The Bertz CT molecular complexity index is 240. The smallest absolute Gasteiger partial charge is 0.0490 e. The summed E-state index contributed by atoms with van der Waals surface area (Å²) in [6.07, 6.45) is 6.35. The van der Waals surface area contributed by atoms with Crippen LogP contribution in [0.5, 0.6) is 0 Å². The Labute approximate surface area is 85.3 Å². The lowest BCUT2D eigenvalue weighted by Crippen LogP contribution is -2.20. The van der Waals surface area contributed by atoms with Crippen molar-refractivity contribution in [2.75, 3.05) is 13.2 Å². The van der Waals surface area contributed by atoms with E-state index in [9.17, 15) is 10.2 Å². The van der Waals surface area contributed by atoms with E-state index in [1.165, 1.54) is 32.1 Å². The lowest BCUT2D eigenvalue weighted by Gasteiger charge is -2.22. The van der Waals surface area contributed by atoms with Crippen molar-refractivity contribution in [1.29, 1.82) is 0 Å². The molecule has 3 aliphatic carbocycles. The van der Waals surface area contributed by atoms with E-state index in [0.717, 1.165) is 17.8 Å². The maximum Gasteiger partial charge on any atom is 0.0490 e. The number of hydrogen-bond acceptors (Lipinski definition) is 2. The lowest BCUT2D eigenvalue weighted by atomic mass is 9.85. The fourth-order valence-corrected chi connectivity index (χ4v) is 4.24. The van der Waals surface area contributed by atoms with Crippen LogP contribution in [0.1, 0.15) is 32.1 Å². The van der Waals surface area contributed by atoms with Crippen LogP contribution in [0.15, 0.2) is 0 Å². The Kier molecular flexibility index (Phi) is 1.94. The highest BCUT2D eigenvalue weighted by Gasteiger charge is 2.61. The van der Waals surface area contributed by atoms with Gasteiger partial charge in [-0.1, -0.05) is 0 Å². The van der Waals surface area contributed by atoms with Gasteiger partial charge in [0.05, 0.1) is 0 Å². The molecule has 14 heavy (non-hydrogen) atoms. The van der Waals surface area contributed by atoms with E-state index >= 15 is 0 Å². The zero-order valence-electron chi connectivity index (χ0n) is 8.65. The molecule has 80 valence electrons. The Morgan fingerprint density at radius 2 is 2.07 bits per heavy atom. The first-order chi connectivity index (χ1) is 6.79. The van der Waals surface area contributed by atoms with Gasteiger partial charge in [0, 0.05) is 13.2 Å². The molecule has 0 aromatic carbocycles. The zero-order chi connectivity index (χ0) is 9.76. The van der Waals surface area contributed by atoms with E-state index < -0.39 is 0 Å². The number of aliphatic hydroxyl groups excluding tert-OH is 2. The van der Waals surface area contributed by atoms with Gasteiger partial charge in [-0.2, -0.15) is 0 Å². The molecule has 0 aliphatic heterocycles. The van der Waals surface area contributed by atoms with Crippen molar-refractivity contribution in [2.24, 2.45) is 29.1 Å². The Hall–Kier alpha value is -0.0800. The van der Waals surface area contributed by atoms with Gasteiger partial charge in [-0.3, -0.25) is 0 Å².